The molecule has 0 heterocycles. The number of sulfone groups is 1. The molecule has 160 valence electrons. The smallest absolute Gasteiger partial charge is 0.191 e. The van der Waals surface area contributed by atoms with Crippen molar-refractivity contribution in [2.75, 3.05) is 26.4 Å². The molecule has 0 aliphatic rings. The lowest BCUT2D eigenvalue weighted by atomic mass is 9.88. The van der Waals surface area contributed by atoms with Crippen LogP contribution in [0.2, 0.25) is 0 Å². The van der Waals surface area contributed by atoms with Gasteiger partial charge in [-0.15, -0.1) is 24.0 Å². The summed E-state index contributed by atoms with van der Waals surface area (Å²) in [7, 11) is -1.47. The normalized spacial score (nSPS) is 12.4. The Morgan fingerprint density at radius 1 is 0.966 bits per heavy atom. The number of nitrogens with zero attached hydrogens (tertiary/aromatic N) is 1. The van der Waals surface area contributed by atoms with E-state index in [2.05, 4.69) is 64.2 Å². The van der Waals surface area contributed by atoms with E-state index in [1.54, 1.807) is 20.9 Å². The third kappa shape index (κ3) is 7.62. The first kappa shape index (κ1) is 25.4. The van der Waals surface area contributed by atoms with Crippen LogP contribution in [0.5, 0.6) is 0 Å². The van der Waals surface area contributed by atoms with Crippen LogP contribution in [-0.2, 0) is 9.84 Å². The van der Waals surface area contributed by atoms with Crippen molar-refractivity contribution < 1.29 is 8.42 Å². The van der Waals surface area contributed by atoms with Crippen LogP contribution in [0.1, 0.15) is 37.3 Å². The SMILES string of the molecule is CN=C(NCCC(c1ccccc1)c1ccccc1)NCC(C)(C)S(C)(=O)=O.I. The van der Waals surface area contributed by atoms with E-state index in [-0.39, 0.29) is 29.9 Å². The molecule has 0 saturated heterocycles. The number of hydrogen-bond donors (Lipinski definition) is 2. The zero-order valence-electron chi connectivity index (χ0n) is 17.6. The summed E-state index contributed by atoms with van der Waals surface area (Å²) >= 11 is 0. The van der Waals surface area contributed by atoms with Gasteiger partial charge in [0.1, 0.15) is 0 Å². The Labute approximate surface area is 192 Å². The highest BCUT2D eigenvalue weighted by atomic mass is 127. The number of aliphatic imine (C=N–C) groups is 1. The summed E-state index contributed by atoms with van der Waals surface area (Å²) in [4.78, 5) is 4.22. The Morgan fingerprint density at radius 3 is 1.86 bits per heavy atom. The lowest BCUT2D eigenvalue weighted by Crippen LogP contribution is -2.48. The van der Waals surface area contributed by atoms with Crippen LogP contribution in [-0.4, -0.2) is 45.5 Å². The summed E-state index contributed by atoms with van der Waals surface area (Å²) in [5, 5.41) is 6.44. The molecular weight excluding hydrogens is 497 g/mol. The maximum atomic E-state index is 11.9. The molecule has 2 aromatic rings. The van der Waals surface area contributed by atoms with Gasteiger partial charge in [0.2, 0.25) is 0 Å². The van der Waals surface area contributed by atoms with Crippen molar-refractivity contribution >= 4 is 39.8 Å². The Kier molecular flexibility index (Phi) is 10.1. The van der Waals surface area contributed by atoms with Crippen LogP contribution in [0.3, 0.4) is 0 Å². The first-order chi connectivity index (χ1) is 13.2. The Morgan fingerprint density at radius 2 is 1.45 bits per heavy atom. The predicted molar refractivity (Wildman–Crippen MR) is 133 cm³/mol. The summed E-state index contributed by atoms with van der Waals surface area (Å²) in [5.74, 6) is 0.886. The van der Waals surface area contributed by atoms with Gasteiger partial charge in [-0.2, -0.15) is 0 Å². The standard InChI is InChI=1S/C22H31N3O2S.HI/c1-22(2,28(4,26)27)17-25-21(23-3)24-16-15-20(18-11-7-5-8-12-18)19-13-9-6-10-14-19;/h5-14,20H,15-17H2,1-4H3,(H2,23,24,25);1H. The third-order valence-corrected chi connectivity index (χ3v) is 7.19. The molecule has 5 nitrogen and oxygen atoms in total. The van der Waals surface area contributed by atoms with Crippen LogP contribution < -0.4 is 10.6 Å². The second-order valence-corrected chi connectivity index (χ2v) is 10.2. The fourth-order valence-electron chi connectivity index (χ4n) is 2.88. The van der Waals surface area contributed by atoms with Gasteiger partial charge in [0.05, 0.1) is 4.75 Å². The van der Waals surface area contributed by atoms with Crippen molar-refractivity contribution in [3.8, 4) is 0 Å². The van der Waals surface area contributed by atoms with Gasteiger partial charge in [-0.3, -0.25) is 4.99 Å². The van der Waals surface area contributed by atoms with Crippen molar-refractivity contribution in [3.05, 3.63) is 71.8 Å². The average molecular weight is 529 g/mol. The number of hydrogen-bond acceptors (Lipinski definition) is 3. The predicted octanol–water partition coefficient (Wildman–Crippen LogP) is 3.81. The topological polar surface area (TPSA) is 70.6 Å². The molecule has 0 spiro atoms. The zero-order chi connectivity index (χ0) is 20.6. The fourth-order valence-corrected chi connectivity index (χ4v) is 3.21. The molecule has 2 aromatic carbocycles. The Balaban J connectivity index is 0.00000420. The molecular formula is C22H32IN3O2S. The van der Waals surface area contributed by atoms with E-state index >= 15 is 0 Å². The fraction of sp³-hybridized carbons (Fsp3) is 0.409. The van der Waals surface area contributed by atoms with Gasteiger partial charge in [0.15, 0.2) is 15.8 Å². The van der Waals surface area contributed by atoms with Crippen LogP contribution in [0.25, 0.3) is 0 Å². The number of nitrogens with one attached hydrogen (secondary N) is 2. The molecule has 29 heavy (non-hydrogen) atoms. The molecule has 0 amide bonds. The largest absolute Gasteiger partial charge is 0.356 e. The number of halogens is 1. The lowest BCUT2D eigenvalue weighted by Gasteiger charge is -2.24. The van der Waals surface area contributed by atoms with E-state index in [1.807, 2.05) is 12.1 Å². The van der Waals surface area contributed by atoms with Gasteiger partial charge >= 0.3 is 0 Å². The monoisotopic (exact) mass is 529 g/mol. The minimum absolute atomic E-state index is 0. The molecule has 2 N–H and O–H groups in total. The van der Waals surface area contributed by atoms with Gasteiger partial charge in [-0.05, 0) is 31.4 Å². The highest BCUT2D eigenvalue weighted by Gasteiger charge is 2.30. The van der Waals surface area contributed by atoms with E-state index < -0.39 is 14.6 Å². The van der Waals surface area contributed by atoms with E-state index in [0.29, 0.717) is 19.0 Å². The minimum Gasteiger partial charge on any atom is -0.356 e. The van der Waals surface area contributed by atoms with Crippen molar-refractivity contribution in [1.82, 2.24) is 10.6 Å². The van der Waals surface area contributed by atoms with Crippen LogP contribution >= 0.6 is 24.0 Å². The van der Waals surface area contributed by atoms with Crippen molar-refractivity contribution in [2.24, 2.45) is 4.99 Å². The molecule has 0 aliphatic carbocycles. The molecule has 2 rings (SSSR count). The minimum atomic E-state index is -3.16. The average Bonchev–Trinajstić information content (AvgIpc) is 2.68. The lowest BCUT2D eigenvalue weighted by molar-refractivity contribution is 0.544. The summed E-state index contributed by atoms with van der Waals surface area (Å²) in [5.41, 5.74) is 2.55. The highest BCUT2D eigenvalue weighted by molar-refractivity contribution is 14.0. The molecule has 0 unspecified atom stereocenters. The third-order valence-electron chi connectivity index (χ3n) is 5.04. The molecule has 0 bridgehead atoms. The molecule has 0 saturated carbocycles. The Bertz CT molecular complexity index is 830. The molecule has 0 radical (unpaired) electrons. The van der Waals surface area contributed by atoms with E-state index in [1.165, 1.54) is 17.4 Å². The zero-order valence-corrected chi connectivity index (χ0v) is 20.7. The number of benzene rings is 2. The quantitative estimate of drug-likeness (QED) is 0.310. The molecule has 0 atom stereocenters. The highest BCUT2D eigenvalue weighted by Crippen LogP contribution is 2.27. The summed E-state index contributed by atoms with van der Waals surface area (Å²) in [6, 6.07) is 20.9. The number of rotatable bonds is 8. The molecule has 7 heteroatoms. The molecule has 0 aromatic heterocycles. The summed E-state index contributed by atoms with van der Waals surface area (Å²) in [6.07, 6.45) is 2.15. The van der Waals surface area contributed by atoms with E-state index in [9.17, 15) is 8.42 Å². The molecule has 0 fully saturated rings. The van der Waals surface area contributed by atoms with Gasteiger partial charge in [0, 0.05) is 32.3 Å². The first-order valence-corrected chi connectivity index (χ1v) is 11.4. The maximum absolute atomic E-state index is 11.9. The first-order valence-electron chi connectivity index (χ1n) is 9.48. The Hall–Kier alpha value is -1.61. The maximum Gasteiger partial charge on any atom is 0.191 e. The van der Waals surface area contributed by atoms with Gasteiger partial charge in [0.25, 0.3) is 0 Å². The van der Waals surface area contributed by atoms with E-state index in [0.717, 1.165) is 6.42 Å². The molecule has 0 aliphatic heterocycles. The second-order valence-electron chi connectivity index (χ2n) is 7.55. The van der Waals surface area contributed by atoms with Crippen molar-refractivity contribution in [1.29, 1.82) is 0 Å². The summed E-state index contributed by atoms with van der Waals surface area (Å²) in [6.45, 7) is 4.44. The van der Waals surface area contributed by atoms with Crippen LogP contribution in [0, 0.1) is 0 Å². The van der Waals surface area contributed by atoms with Gasteiger partial charge in [-0.1, -0.05) is 60.7 Å². The van der Waals surface area contributed by atoms with Crippen molar-refractivity contribution in [2.45, 2.75) is 30.9 Å². The van der Waals surface area contributed by atoms with Gasteiger partial charge in [-0.25, -0.2) is 8.42 Å². The van der Waals surface area contributed by atoms with Crippen molar-refractivity contribution in [3.63, 3.8) is 0 Å². The van der Waals surface area contributed by atoms with Crippen LogP contribution in [0.15, 0.2) is 65.7 Å². The second kappa shape index (κ2) is 11.5. The number of guanidine groups is 1. The summed E-state index contributed by atoms with van der Waals surface area (Å²) < 4.78 is 22.9. The van der Waals surface area contributed by atoms with Crippen LogP contribution in [0.4, 0.5) is 0 Å². The van der Waals surface area contributed by atoms with Gasteiger partial charge < -0.3 is 10.6 Å². The van der Waals surface area contributed by atoms with E-state index in [4.69, 9.17) is 0 Å².